The second-order valence-corrected chi connectivity index (χ2v) is 4.67. The van der Waals surface area contributed by atoms with Gasteiger partial charge in [-0.05, 0) is 6.26 Å². The van der Waals surface area contributed by atoms with E-state index in [9.17, 15) is 14.0 Å². The highest BCUT2D eigenvalue weighted by Crippen LogP contribution is 2.14. The van der Waals surface area contributed by atoms with Crippen molar-refractivity contribution < 1.29 is 18.7 Å². The van der Waals surface area contributed by atoms with Crippen molar-refractivity contribution in [1.29, 1.82) is 5.41 Å². The zero-order chi connectivity index (χ0) is 12.7. The summed E-state index contributed by atoms with van der Waals surface area (Å²) in [7, 11) is 2.51. The van der Waals surface area contributed by atoms with Gasteiger partial charge in [0.15, 0.2) is 0 Å². The SMILES string of the molecule is CSC(=N)COC(=O)N(C)SN(C)C(=O)F. The number of carbonyl (C=O) groups is 2. The smallest absolute Gasteiger partial charge is 0.421 e. The molecule has 0 rings (SSSR count). The van der Waals surface area contributed by atoms with E-state index in [1.54, 1.807) is 6.26 Å². The van der Waals surface area contributed by atoms with Gasteiger partial charge in [-0.3, -0.25) is 5.41 Å². The van der Waals surface area contributed by atoms with Crippen LogP contribution in [-0.4, -0.2) is 52.9 Å². The molecule has 0 unspecified atom stereocenters. The maximum absolute atomic E-state index is 12.1. The van der Waals surface area contributed by atoms with Crippen molar-refractivity contribution >= 4 is 41.2 Å². The minimum absolute atomic E-state index is 0.141. The molecule has 16 heavy (non-hydrogen) atoms. The predicted octanol–water partition coefficient (Wildman–Crippen LogP) is 1.98. The molecule has 0 atom stereocenters. The van der Waals surface area contributed by atoms with Gasteiger partial charge in [-0.2, -0.15) is 0 Å². The van der Waals surface area contributed by atoms with Crippen LogP contribution in [0.25, 0.3) is 0 Å². The average Bonchev–Trinajstić information content (AvgIpc) is 2.24. The molecule has 0 aromatic heterocycles. The molecule has 0 aromatic carbocycles. The Balaban J connectivity index is 3.99. The highest BCUT2D eigenvalue weighted by Gasteiger charge is 2.17. The Kier molecular flexibility index (Phi) is 6.90. The zero-order valence-corrected chi connectivity index (χ0v) is 10.7. The third kappa shape index (κ3) is 5.81. The van der Waals surface area contributed by atoms with Crippen LogP contribution in [0.15, 0.2) is 0 Å². The largest absolute Gasteiger partial charge is 0.442 e. The Morgan fingerprint density at radius 2 is 1.94 bits per heavy atom. The molecule has 0 saturated heterocycles. The minimum atomic E-state index is -1.67. The van der Waals surface area contributed by atoms with Crippen molar-refractivity contribution in [3.05, 3.63) is 0 Å². The summed E-state index contributed by atoms with van der Waals surface area (Å²) in [5.74, 6) is 0. The van der Waals surface area contributed by atoms with Crippen LogP contribution < -0.4 is 0 Å². The third-order valence-corrected chi connectivity index (χ3v) is 2.72. The lowest BCUT2D eigenvalue weighted by Crippen LogP contribution is -2.28. The normalized spacial score (nSPS) is 9.50. The van der Waals surface area contributed by atoms with E-state index in [-0.39, 0.29) is 11.7 Å². The first kappa shape index (κ1) is 15.0. The molecule has 0 bridgehead atoms. The molecule has 2 amide bonds. The number of hydrogen-bond donors (Lipinski definition) is 1. The summed E-state index contributed by atoms with van der Waals surface area (Å²) in [6.45, 7) is -0.141. The highest BCUT2D eigenvalue weighted by atomic mass is 32.2. The lowest BCUT2D eigenvalue weighted by molar-refractivity contribution is 0.147. The first-order valence-electron chi connectivity index (χ1n) is 4.01. The summed E-state index contributed by atoms with van der Waals surface area (Å²) in [5.41, 5.74) is 0. The molecular weight excluding hydrogens is 257 g/mol. The molecule has 0 aromatic rings. The predicted molar refractivity (Wildman–Crippen MR) is 62.2 cm³/mol. The van der Waals surface area contributed by atoms with Gasteiger partial charge in [0.05, 0.1) is 12.1 Å². The number of amides is 2. The standard InChI is InChI=1S/C7H12FN3O3S2/c1-10(6(8)12)16-11(2)7(13)14-4-5(9)15-3/h9H,4H2,1-3H3. The van der Waals surface area contributed by atoms with Crippen LogP contribution in [0.2, 0.25) is 0 Å². The molecule has 0 aliphatic heterocycles. The van der Waals surface area contributed by atoms with Crippen molar-refractivity contribution in [2.45, 2.75) is 0 Å². The number of thioether (sulfide) groups is 1. The lowest BCUT2D eigenvalue weighted by Gasteiger charge is -2.19. The minimum Gasteiger partial charge on any atom is -0.442 e. The summed E-state index contributed by atoms with van der Waals surface area (Å²) in [6.07, 6.45) is -0.733. The van der Waals surface area contributed by atoms with Gasteiger partial charge < -0.3 is 4.74 Å². The lowest BCUT2D eigenvalue weighted by atomic mass is 10.8. The van der Waals surface area contributed by atoms with Crippen molar-refractivity contribution in [1.82, 2.24) is 8.61 Å². The molecule has 0 radical (unpaired) electrons. The second kappa shape index (κ2) is 7.34. The quantitative estimate of drug-likeness (QED) is 0.278. The molecular formula is C7H12FN3O3S2. The topological polar surface area (TPSA) is 73.7 Å². The van der Waals surface area contributed by atoms with Gasteiger partial charge in [-0.15, -0.1) is 16.2 Å². The molecule has 0 saturated carbocycles. The summed E-state index contributed by atoms with van der Waals surface area (Å²) in [5, 5.41) is 7.41. The molecule has 0 aliphatic carbocycles. The molecule has 92 valence electrons. The number of nitrogens with zero attached hydrogens (tertiary/aromatic N) is 2. The molecule has 1 N–H and O–H groups in total. The first-order chi connectivity index (χ1) is 7.38. The molecule has 0 aliphatic rings. The summed E-state index contributed by atoms with van der Waals surface area (Å²) >= 11 is 1.72. The van der Waals surface area contributed by atoms with Crippen LogP contribution in [0.3, 0.4) is 0 Å². The molecule has 6 nitrogen and oxygen atoms in total. The van der Waals surface area contributed by atoms with E-state index in [0.717, 1.165) is 16.1 Å². The molecule has 9 heteroatoms. The Morgan fingerprint density at radius 1 is 1.38 bits per heavy atom. The van der Waals surface area contributed by atoms with Crippen LogP contribution in [0.5, 0.6) is 0 Å². The van der Waals surface area contributed by atoms with Crippen LogP contribution in [0.1, 0.15) is 0 Å². The fourth-order valence-electron chi connectivity index (χ4n) is 0.526. The van der Waals surface area contributed by atoms with E-state index >= 15 is 0 Å². The van der Waals surface area contributed by atoms with Crippen molar-refractivity contribution in [2.75, 3.05) is 27.0 Å². The van der Waals surface area contributed by atoms with Gasteiger partial charge in [0.2, 0.25) is 0 Å². The zero-order valence-electron chi connectivity index (χ0n) is 9.02. The molecule has 0 spiro atoms. The van der Waals surface area contributed by atoms with E-state index in [1.807, 2.05) is 0 Å². The van der Waals surface area contributed by atoms with Crippen LogP contribution in [-0.2, 0) is 4.74 Å². The van der Waals surface area contributed by atoms with Gasteiger partial charge in [-0.1, -0.05) is 0 Å². The highest BCUT2D eigenvalue weighted by molar-refractivity contribution is 8.13. The second-order valence-electron chi connectivity index (χ2n) is 2.51. The third-order valence-electron chi connectivity index (χ3n) is 1.32. The van der Waals surface area contributed by atoms with Crippen LogP contribution in [0.4, 0.5) is 14.0 Å². The Bertz CT molecular complexity index is 290. The fourth-order valence-corrected chi connectivity index (χ4v) is 1.25. The summed E-state index contributed by atoms with van der Waals surface area (Å²) in [4.78, 5) is 21.5. The monoisotopic (exact) mass is 269 g/mol. The van der Waals surface area contributed by atoms with Gasteiger partial charge in [0.25, 0.3) is 0 Å². The van der Waals surface area contributed by atoms with Crippen LogP contribution >= 0.6 is 23.9 Å². The number of ether oxygens (including phenoxy) is 1. The van der Waals surface area contributed by atoms with E-state index < -0.39 is 12.3 Å². The van der Waals surface area contributed by atoms with Gasteiger partial charge in [0, 0.05) is 14.1 Å². The Morgan fingerprint density at radius 3 is 2.38 bits per heavy atom. The number of rotatable bonds is 4. The maximum atomic E-state index is 12.1. The van der Waals surface area contributed by atoms with E-state index in [4.69, 9.17) is 10.1 Å². The number of nitrogens with one attached hydrogen (secondary N) is 1. The van der Waals surface area contributed by atoms with Crippen LogP contribution in [0, 0.1) is 5.41 Å². The summed E-state index contributed by atoms with van der Waals surface area (Å²) < 4.78 is 18.4. The van der Waals surface area contributed by atoms with E-state index in [1.165, 1.54) is 14.1 Å². The first-order valence-corrected chi connectivity index (χ1v) is 5.97. The Labute approximate surface area is 101 Å². The number of hydrogen-bond acceptors (Lipinski definition) is 6. The van der Waals surface area contributed by atoms with Gasteiger partial charge >= 0.3 is 12.3 Å². The maximum Gasteiger partial charge on any atom is 0.421 e. The fraction of sp³-hybridized carbons (Fsp3) is 0.571. The van der Waals surface area contributed by atoms with Gasteiger partial charge in [-0.25, -0.2) is 18.2 Å². The van der Waals surface area contributed by atoms with Crippen molar-refractivity contribution in [3.8, 4) is 0 Å². The van der Waals surface area contributed by atoms with Crippen molar-refractivity contribution in [3.63, 3.8) is 0 Å². The van der Waals surface area contributed by atoms with Crippen molar-refractivity contribution in [2.24, 2.45) is 0 Å². The summed E-state index contributed by atoms with van der Waals surface area (Å²) in [6, 6.07) is 0. The number of carbonyl (C=O) groups excluding carboxylic acids is 2. The average molecular weight is 269 g/mol. The van der Waals surface area contributed by atoms with E-state index in [2.05, 4.69) is 0 Å². The molecule has 0 heterocycles. The number of halogens is 1. The van der Waals surface area contributed by atoms with E-state index in [0.29, 0.717) is 16.4 Å². The molecule has 0 fully saturated rings. The Hall–Kier alpha value is -0.960. The van der Waals surface area contributed by atoms with Gasteiger partial charge in [0.1, 0.15) is 11.7 Å².